The zero-order valence-corrected chi connectivity index (χ0v) is 22.3. The van der Waals surface area contributed by atoms with Crippen LogP contribution in [0.5, 0.6) is 5.75 Å². The molecule has 2 amide bonds. The third-order valence-corrected chi connectivity index (χ3v) is 7.80. The number of aromatic nitrogens is 4. The molecule has 10 nitrogen and oxygen atoms in total. The molecule has 14 heteroatoms. The SMILES string of the molecule is COc1cc(C(=O)Nc2cc(C(F)(F)F)ccn2)cc(F)c1-c1nc(C2CCC3CCC(=O)N3C2)n2ccnc(N)c12. The molecule has 2 aliphatic rings. The van der Waals surface area contributed by atoms with E-state index in [-0.39, 0.29) is 52.1 Å². The number of anilines is 2. The number of imidazole rings is 1. The number of nitrogen functional groups attached to an aromatic ring is 1. The second kappa shape index (κ2) is 10.3. The molecule has 0 spiro atoms. The molecule has 0 radical (unpaired) electrons. The van der Waals surface area contributed by atoms with Crippen LogP contribution in [0, 0.1) is 5.82 Å². The number of alkyl halides is 3. The normalized spacial score (nSPS) is 18.8. The molecule has 2 aliphatic heterocycles. The van der Waals surface area contributed by atoms with Gasteiger partial charge in [0, 0.05) is 49.1 Å². The van der Waals surface area contributed by atoms with Crippen molar-refractivity contribution >= 4 is 29.0 Å². The maximum absolute atomic E-state index is 15.9. The highest BCUT2D eigenvalue weighted by molar-refractivity contribution is 6.05. The Labute approximate surface area is 236 Å². The van der Waals surface area contributed by atoms with Crippen LogP contribution in [0.1, 0.15) is 53.3 Å². The van der Waals surface area contributed by atoms with Crippen LogP contribution in [0.3, 0.4) is 0 Å². The average molecular weight is 584 g/mol. The Bertz CT molecular complexity index is 1720. The summed E-state index contributed by atoms with van der Waals surface area (Å²) in [5.74, 6) is -1.51. The van der Waals surface area contributed by atoms with Gasteiger partial charge in [-0.25, -0.2) is 19.3 Å². The molecule has 4 aromatic rings. The molecule has 5 heterocycles. The number of ether oxygens (including phenoxy) is 1. The Morgan fingerprint density at radius 1 is 1.14 bits per heavy atom. The molecule has 2 unspecified atom stereocenters. The highest BCUT2D eigenvalue weighted by atomic mass is 19.4. The quantitative estimate of drug-likeness (QED) is 0.327. The number of hydrogen-bond donors (Lipinski definition) is 2. The number of hydrogen-bond acceptors (Lipinski definition) is 7. The minimum atomic E-state index is -4.63. The zero-order chi connectivity index (χ0) is 29.8. The molecule has 42 heavy (non-hydrogen) atoms. The van der Waals surface area contributed by atoms with Crippen molar-refractivity contribution in [2.75, 3.05) is 24.7 Å². The summed E-state index contributed by atoms with van der Waals surface area (Å²) >= 11 is 0. The predicted molar refractivity (Wildman–Crippen MR) is 143 cm³/mol. The molecule has 2 saturated heterocycles. The monoisotopic (exact) mass is 583 g/mol. The van der Waals surface area contributed by atoms with E-state index in [1.54, 1.807) is 10.6 Å². The Kier molecular flexibility index (Phi) is 6.70. The van der Waals surface area contributed by atoms with Crippen molar-refractivity contribution in [3.8, 4) is 17.0 Å². The number of nitrogens with zero attached hydrogens (tertiary/aromatic N) is 5. The fraction of sp³-hybridized carbons (Fsp3) is 0.321. The molecule has 2 fully saturated rings. The van der Waals surface area contributed by atoms with Gasteiger partial charge in [-0.3, -0.25) is 14.0 Å². The van der Waals surface area contributed by atoms with Gasteiger partial charge in [0.1, 0.15) is 40.2 Å². The third-order valence-electron chi connectivity index (χ3n) is 7.80. The van der Waals surface area contributed by atoms with Crippen molar-refractivity contribution in [3.63, 3.8) is 0 Å². The van der Waals surface area contributed by atoms with Crippen LogP contribution in [-0.2, 0) is 11.0 Å². The van der Waals surface area contributed by atoms with Gasteiger partial charge in [-0.2, -0.15) is 13.2 Å². The number of nitrogens with one attached hydrogen (secondary N) is 1. The number of piperidine rings is 1. The van der Waals surface area contributed by atoms with Crippen LogP contribution in [0.15, 0.2) is 42.9 Å². The Hall–Kier alpha value is -4.75. The van der Waals surface area contributed by atoms with Gasteiger partial charge >= 0.3 is 6.18 Å². The molecule has 218 valence electrons. The summed E-state index contributed by atoms with van der Waals surface area (Å²) in [6, 6.07) is 3.86. The minimum Gasteiger partial charge on any atom is -0.496 e. The lowest BCUT2D eigenvalue weighted by molar-refractivity contribution is -0.137. The van der Waals surface area contributed by atoms with Gasteiger partial charge in [0.15, 0.2) is 0 Å². The van der Waals surface area contributed by atoms with E-state index in [1.807, 2.05) is 4.90 Å². The van der Waals surface area contributed by atoms with Crippen LogP contribution < -0.4 is 15.8 Å². The molecular formula is C28H25F4N7O3. The van der Waals surface area contributed by atoms with Crippen molar-refractivity contribution in [1.82, 2.24) is 24.3 Å². The number of halogens is 4. The summed E-state index contributed by atoms with van der Waals surface area (Å²) in [6.45, 7) is 0.479. The van der Waals surface area contributed by atoms with E-state index < -0.39 is 23.5 Å². The van der Waals surface area contributed by atoms with Crippen LogP contribution in [0.2, 0.25) is 0 Å². The van der Waals surface area contributed by atoms with Crippen molar-refractivity contribution in [2.24, 2.45) is 0 Å². The number of carbonyl (C=O) groups is 2. The minimum absolute atomic E-state index is 0.0506. The first-order valence-electron chi connectivity index (χ1n) is 13.2. The maximum atomic E-state index is 15.9. The average Bonchev–Trinajstić information content (AvgIpc) is 3.53. The van der Waals surface area contributed by atoms with Gasteiger partial charge in [-0.05, 0) is 43.5 Å². The maximum Gasteiger partial charge on any atom is 0.416 e. The van der Waals surface area contributed by atoms with Crippen LogP contribution >= 0.6 is 0 Å². The molecule has 0 aliphatic carbocycles. The van der Waals surface area contributed by atoms with E-state index in [1.165, 1.54) is 19.4 Å². The third kappa shape index (κ3) is 4.76. The number of rotatable bonds is 5. The summed E-state index contributed by atoms with van der Waals surface area (Å²) in [5.41, 5.74) is 5.44. The largest absolute Gasteiger partial charge is 0.496 e. The first-order valence-corrected chi connectivity index (χ1v) is 13.2. The van der Waals surface area contributed by atoms with Crippen molar-refractivity contribution in [3.05, 3.63) is 65.6 Å². The number of benzene rings is 1. The van der Waals surface area contributed by atoms with Gasteiger partial charge in [-0.1, -0.05) is 0 Å². The smallest absolute Gasteiger partial charge is 0.416 e. The number of pyridine rings is 1. The van der Waals surface area contributed by atoms with Crippen molar-refractivity contribution < 1.29 is 31.9 Å². The van der Waals surface area contributed by atoms with Gasteiger partial charge in [0.2, 0.25) is 5.91 Å². The Morgan fingerprint density at radius 3 is 2.71 bits per heavy atom. The molecule has 0 bridgehead atoms. The zero-order valence-electron chi connectivity index (χ0n) is 22.3. The van der Waals surface area contributed by atoms with E-state index in [2.05, 4.69) is 15.3 Å². The van der Waals surface area contributed by atoms with Crippen LogP contribution in [0.4, 0.5) is 29.2 Å². The highest BCUT2D eigenvalue weighted by Gasteiger charge is 2.39. The second-order valence-electron chi connectivity index (χ2n) is 10.3. The van der Waals surface area contributed by atoms with Crippen LogP contribution in [-0.4, -0.2) is 55.8 Å². The van der Waals surface area contributed by atoms with Crippen LogP contribution in [0.25, 0.3) is 16.8 Å². The molecule has 1 aromatic carbocycles. The number of nitrogens with two attached hydrogens (primary N) is 1. The number of fused-ring (bicyclic) bond motifs is 2. The lowest BCUT2D eigenvalue weighted by Gasteiger charge is -2.34. The summed E-state index contributed by atoms with van der Waals surface area (Å²) in [7, 11) is 1.29. The first-order chi connectivity index (χ1) is 20.0. The van der Waals surface area contributed by atoms with Crippen molar-refractivity contribution in [2.45, 2.75) is 43.8 Å². The van der Waals surface area contributed by atoms with E-state index in [9.17, 15) is 22.8 Å². The van der Waals surface area contributed by atoms with E-state index in [0.29, 0.717) is 30.4 Å². The summed E-state index contributed by atoms with van der Waals surface area (Å²) < 4.78 is 62.3. The fourth-order valence-corrected chi connectivity index (χ4v) is 5.79. The van der Waals surface area contributed by atoms with Gasteiger partial charge in [0.25, 0.3) is 5.91 Å². The number of amides is 2. The standard InChI is InChI=1S/C28H25F4N7O3/c1-42-19-11-15(27(41)36-20-12-16(6-7-34-20)28(30,31)32)10-18(29)22(19)23-24-25(33)35-8-9-38(24)26(37-23)14-2-3-17-4-5-21(40)39(17)13-14/h6-12,14,17H,2-5,13H2,1H3,(H2,33,35)(H,34,36,41). The fourth-order valence-electron chi connectivity index (χ4n) is 5.79. The molecular weight excluding hydrogens is 558 g/mol. The molecule has 6 rings (SSSR count). The first kappa shape index (κ1) is 27.4. The predicted octanol–water partition coefficient (Wildman–Crippen LogP) is 4.66. The highest BCUT2D eigenvalue weighted by Crippen LogP contribution is 2.41. The second-order valence-corrected chi connectivity index (χ2v) is 10.3. The van der Waals surface area contributed by atoms with E-state index in [4.69, 9.17) is 15.5 Å². The van der Waals surface area contributed by atoms with E-state index >= 15 is 4.39 Å². The molecule has 3 N–H and O–H groups in total. The van der Waals surface area contributed by atoms with E-state index in [0.717, 1.165) is 37.6 Å². The molecule has 0 saturated carbocycles. The lowest BCUT2D eigenvalue weighted by atomic mass is 9.92. The molecule has 2 atom stereocenters. The summed E-state index contributed by atoms with van der Waals surface area (Å²) in [5, 5.41) is 2.26. The summed E-state index contributed by atoms with van der Waals surface area (Å²) in [6.07, 6.45) is 2.41. The van der Waals surface area contributed by atoms with Gasteiger partial charge in [0.05, 0.1) is 18.2 Å². The van der Waals surface area contributed by atoms with Gasteiger partial charge in [-0.15, -0.1) is 0 Å². The van der Waals surface area contributed by atoms with Crippen molar-refractivity contribution in [1.29, 1.82) is 0 Å². The number of carbonyl (C=O) groups excluding carboxylic acids is 2. The summed E-state index contributed by atoms with van der Waals surface area (Å²) in [4.78, 5) is 39.9. The Balaban J connectivity index is 1.38. The molecule has 3 aromatic heterocycles. The Morgan fingerprint density at radius 2 is 1.95 bits per heavy atom. The van der Waals surface area contributed by atoms with Gasteiger partial charge < -0.3 is 20.7 Å². The lowest BCUT2D eigenvalue weighted by Crippen LogP contribution is -2.41. The topological polar surface area (TPSA) is 128 Å². The number of methoxy groups -OCH3 is 1.